The predicted molar refractivity (Wildman–Crippen MR) is 51.3 cm³/mol. The summed E-state index contributed by atoms with van der Waals surface area (Å²) < 4.78 is 91.3. The molecule has 20 heavy (non-hydrogen) atoms. The van der Waals surface area contributed by atoms with Crippen LogP contribution in [0.3, 0.4) is 0 Å². The van der Waals surface area contributed by atoms with Gasteiger partial charge in [0.25, 0.3) is 0 Å². The van der Waals surface area contributed by atoms with Crippen molar-refractivity contribution in [2.24, 2.45) is 11.8 Å². The van der Waals surface area contributed by atoms with Gasteiger partial charge < -0.3 is 4.74 Å². The number of carbonyl (C=O) groups excluding carboxylic acids is 1. The summed E-state index contributed by atoms with van der Waals surface area (Å²) in [5, 5.41) is 0. The van der Waals surface area contributed by atoms with Crippen LogP contribution in [-0.4, -0.2) is 30.1 Å². The lowest BCUT2D eigenvalue weighted by molar-refractivity contribution is -0.349. The van der Waals surface area contributed by atoms with Crippen LogP contribution in [0.1, 0.15) is 25.7 Å². The molecule has 2 fully saturated rings. The van der Waals surface area contributed by atoms with Gasteiger partial charge in [0, 0.05) is 0 Å². The Morgan fingerprint density at radius 3 is 1.95 bits per heavy atom. The van der Waals surface area contributed by atoms with Crippen LogP contribution in [-0.2, 0) is 9.53 Å². The van der Waals surface area contributed by atoms with Gasteiger partial charge in [0.1, 0.15) is 6.10 Å². The number of halogens is 7. The zero-order valence-corrected chi connectivity index (χ0v) is 10.0. The van der Waals surface area contributed by atoms with Gasteiger partial charge in [0.05, 0.1) is 0 Å². The van der Waals surface area contributed by atoms with E-state index < -0.39 is 30.1 Å². The smallest absolute Gasteiger partial charge is 0.457 e. The summed E-state index contributed by atoms with van der Waals surface area (Å²) in [5.41, 5.74) is 0. The molecule has 0 N–H and O–H groups in total. The van der Waals surface area contributed by atoms with Crippen molar-refractivity contribution in [2.45, 2.75) is 49.8 Å². The standard InChI is InChI=1S/C11H11F7O2/c12-9(13,10(14,15)11(16,17)18)8(19)20-7-4-5-1-2-6(7)3-5/h5-7H,1-4H2. The molecule has 0 spiro atoms. The summed E-state index contributed by atoms with van der Waals surface area (Å²) in [7, 11) is 0. The summed E-state index contributed by atoms with van der Waals surface area (Å²) in [4.78, 5) is 11.0. The van der Waals surface area contributed by atoms with Gasteiger partial charge in [-0.25, -0.2) is 4.79 Å². The normalized spacial score (nSPS) is 30.6. The highest BCUT2D eigenvalue weighted by molar-refractivity contribution is 5.79. The first-order chi connectivity index (χ1) is 8.97. The Morgan fingerprint density at radius 1 is 0.950 bits per heavy atom. The van der Waals surface area contributed by atoms with Gasteiger partial charge in [-0.15, -0.1) is 0 Å². The van der Waals surface area contributed by atoms with E-state index in [4.69, 9.17) is 0 Å². The van der Waals surface area contributed by atoms with E-state index in [1.807, 2.05) is 0 Å². The average Bonchev–Trinajstić information content (AvgIpc) is 2.88. The quantitative estimate of drug-likeness (QED) is 0.589. The first kappa shape index (κ1) is 15.4. The molecule has 0 aromatic carbocycles. The van der Waals surface area contributed by atoms with E-state index in [0.29, 0.717) is 12.8 Å². The van der Waals surface area contributed by atoms with Crippen molar-refractivity contribution < 1.29 is 40.3 Å². The second-order valence-electron chi connectivity index (χ2n) is 5.27. The van der Waals surface area contributed by atoms with E-state index in [0.717, 1.165) is 6.42 Å². The number of ether oxygens (including phenoxy) is 1. The topological polar surface area (TPSA) is 26.3 Å². The fourth-order valence-corrected chi connectivity index (χ4v) is 2.85. The average molecular weight is 308 g/mol. The minimum atomic E-state index is -6.52. The Hall–Kier alpha value is -1.02. The van der Waals surface area contributed by atoms with Crippen LogP contribution in [0.25, 0.3) is 0 Å². The molecule has 0 amide bonds. The Labute approximate surface area is 109 Å². The fourth-order valence-electron chi connectivity index (χ4n) is 2.85. The maximum absolute atomic E-state index is 13.0. The van der Waals surface area contributed by atoms with Gasteiger partial charge in [-0.3, -0.25) is 0 Å². The fraction of sp³-hybridized carbons (Fsp3) is 0.909. The van der Waals surface area contributed by atoms with Gasteiger partial charge in [0.15, 0.2) is 0 Å². The molecule has 2 rings (SSSR count). The molecule has 2 bridgehead atoms. The minimum Gasteiger partial charge on any atom is -0.457 e. The highest BCUT2D eigenvalue weighted by Gasteiger charge is 2.77. The SMILES string of the molecule is O=C(OC1CC2CCC1C2)C(F)(F)C(F)(F)C(F)(F)F. The third kappa shape index (κ3) is 2.24. The van der Waals surface area contributed by atoms with Gasteiger partial charge >= 0.3 is 24.0 Å². The van der Waals surface area contributed by atoms with Crippen LogP contribution in [0.15, 0.2) is 0 Å². The molecule has 0 saturated heterocycles. The largest absolute Gasteiger partial charge is 0.460 e. The highest BCUT2D eigenvalue weighted by Crippen LogP contribution is 2.49. The van der Waals surface area contributed by atoms with E-state index in [-0.39, 0.29) is 18.3 Å². The van der Waals surface area contributed by atoms with Crippen molar-refractivity contribution in [1.82, 2.24) is 0 Å². The molecule has 0 aliphatic heterocycles. The molecule has 116 valence electrons. The Balaban J connectivity index is 2.08. The van der Waals surface area contributed by atoms with Crippen molar-refractivity contribution in [3.05, 3.63) is 0 Å². The van der Waals surface area contributed by atoms with E-state index >= 15 is 0 Å². The van der Waals surface area contributed by atoms with Crippen LogP contribution in [0.5, 0.6) is 0 Å². The molecule has 2 nitrogen and oxygen atoms in total. The number of rotatable bonds is 3. The zero-order chi connectivity index (χ0) is 15.3. The maximum atomic E-state index is 13.0. The molecule has 2 aliphatic carbocycles. The van der Waals surface area contributed by atoms with Crippen LogP contribution >= 0.6 is 0 Å². The lowest BCUT2D eigenvalue weighted by Gasteiger charge is -2.29. The highest BCUT2D eigenvalue weighted by atomic mass is 19.4. The summed E-state index contributed by atoms with van der Waals surface area (Å²) in [5.74, 6) is -15.2. The Kier molecular flexibility index (Phi) is 3.45. The third-order valence-electron chi connectivity index (χ3n) is 3.94. The minimum absolute atomic E-state index is 0.162. The number of fused-ring (bicyclic) bond motifs is 2. The summed E-state index contributed by atoms with van der Waals surface area (Å²) in [6.45, 7) is 0. The van der Waals surface area contributed by atoms with Crippen LogP contribution in [0.4, 0.5) is 30.7 Å². The third-order valence-corrected chi connectivity index (χ3v) is 3.94. The number of alkyl halides is 7. The molecule has 9 heteroatoms. The van der Waals surface area contributed by atoms with Gasteiger partial charge in [0.2, 0.25) is 0 Å². The van der Waals surface area contributed by atoms with Crippen molar-refractivity contribution >= 4 is 5.97 Å². The van der Waals surface area contributed by atoms with E-state index in [9.17, 15) is 35.5 Å². The second-order valence-corrected chi connectivity index (χ2v) is 5.27. The molecule has 0 aromatic heterocycles. The number of esters is 1. The van der Waals surface area contributed by atoms with Crippen molar-refractivity contribution in [2.75, 3.05) is 0 Å². The summed E-state index contributed by atoms with van der Waals surface area (Å²) in [6, 6.07) is 0. The van der Waals surface area contributed by atoms with E-state index in [1.54, 1.807) is 0 Å². The predicted octanol–water partition coefficient (Wildman–Crippen LogP) is 3.55. The molecule has 0 radical (unpaired) electrons. The first-order valence-corrected chi connectivity index (χ1v) is 6.00. The van der Waals surface area contributed by atoms with Crippen molar-refractivity contribution in [1.29, 1.82) is 0 Å². The van der Waals surface area contributed by atoms with E-state index in [1.165, 1.54) is 0 Å². The Bertz CT molecular complexity index is 404. The van der Waals surface area contributed by atoms with Gasteiger partial charge in [-0.2, -0.15) is 30.7 Å². The molecule has 3 atom stereocenters. The number of carbonyl (C=O) groups is 1. The molecular weight excluding hydrogens is 297 g/mol. The lowest BCUT2D eigenvalue weighted by atomic mass is 9.97. The summed E-state index contributed by atoms with van der Waals surface area (Å²) in [6.07, 6.45) is -5.22. The monoisotopic (exact) mass is 308 g/mol. The maximum Gasteiger partial charge on any atom is 0.460 e. The van der Waals surface area contributed by atoms with Gasteiger partial charge in [-0.1, -0.05) is 0 Å². The van der Waals surface area contributed by atoms with Crippen molar-refractivity contribution in [3.8, 4) is 0 Å². The van der Waals surface area contributed by atoms with Gasteiger partial charge in [-0.05, 0) is 37.5 Å². The number of hydrogen-bond acceptors (Lipinski definition) is 2. The molecule has 0 heterocycles. The zero-order valence-electron chi connectivity index (χ0n) is 10.0. The second kappa shape index (κ2) is 4.49. The first-order valence-electron chi connectivity index (χ1n) is 6.00. The van der Waals surface area contributed by atoms with E-state index in [2.05, 4.69) is 4.74 Å². The Morgan fingerprint density at radius 2 is 1.55 bits per heavy atom. The van der Waals surface area contributed by atoms with Crippen LogP contribution in [0.2, 0.25) is 0 Å². The van der Waals surface area contributed by atoms with Crippen LogP contribution < -0.4 is 0 Å². The molecule has 0 aromatic rings. The van der Waals surface area contributed by atoms with Crippen molar-refractivity contribution in [3.63, 3.8) is 0 Å². The van der Waals surface area contributed by atoms with Crippen LogP contribution in [0, 0.1) is 11.8 Å². The lowest BCUT2D eigenvalue weighted by Crippen LogP contribution is -2.57. The molecular formula is C11H11F7O2. The summed E-state index contributed by atoms with van der Waals surface area (Å²) >= 11 is 0. The number of hydrogen-bond donors (Lipinski definition) is 0. The molecule has 3 unspecified atom stereocenters. The molecule has 2 aliphatic rings. The molecule has 2 saturated carbocycles.